The Hall–Kier alpha value is 0.507. The van der Waals surface area contributed by atoms with Gasteiger partial charge in [0.2, 0.25) is 0 Å². The number of unbranched alkanes of at least 4 members (excludes halogenated alkanes) is 7. The molecule has 0 rings (SSSR count). The third kappa shape index (κ3) is 10.8. The predicted octanol–water partition coefficient (Wildman–Crippen LogP) is 5.61. The Morgan fingerprint density at radius 3 is 1.73 bits per heavy atom. The second kappa shape index (κ2) is 9.71. The second-order valence-electron chi connectivity index (χ2n) is 5.52. The highest BCUT2D eigenvalue weighted by molar-refractivity contribution is 6.83. The van der Waals surface area contributed by atoms with Crippen LogP contribution in [-0.4, -0.2) is 13.6 Å². The number of hydrogen-bond donors (Lipinski definition) is 0. The van der Waals surface area contributed by atoms with E-state index in [9.17, 15) is 0 Å². The molecule has 0 aromatic heterocycles. The van der Waals surface area contributed by atoms with Crippen LogP contribution in [0.5, 0.6) is 0 Å². The van der Waals surface area contributed by atoms with E-state index in [1.807, 2.05) is 0 Å². The number of hydrogen-bond acceptors (Lipinski definition) is 0. The third-order valence-corrected chi connectivity index (χ3v) is 7.67. The van der Waals surface area contributed by atoms with Crippen LogP contribution in [0.4, 0.5) is 0 Å². The summed E-state index contributed by atoms with van der Waals surface area (Å²) in [4.78, 5) is 0. The number of halogens is 1. The van der Waals surface area contributed by atoms with Gasteiger partial charge in [-0.15, -0.1) is 11.6 Å². The fourth-order valence-corrected chi connectivity index (χ4v) is 3.55. The first-order chi connectivity index (χ1) is 7.12. The van der Waals surface area contributed by atoms with Gasteiger partial charge in [0.05, 0.1) is 8.07 Å². The molecule has 0 saturated carbocycles. The van der Waals surface area contributed by atoms with Crippen LogP contribution < -0.4 is 0 Å². The van der Waals surface area contributed by atoms with Crippen molar-refractivity contribution in [2.45, 2.75) is 77.4 Å². The zero-order valence-electron chi connectivity index (χ0n) is 10.9. The van der Waals surface area contributed by atoms with E-state index in [4.69, 9.17) is 11.6 Å². The van der Waals surface area contributed by atoms with Crippen LogP contribution in [0.2, 0.25) is 19.1 Å². The van der Waals surface area contributed by atoms with Gasteiger partial charge in [-0.2, -0.15) is 0 Å². The Balaban J connectivity index is 3.11. The minimum atomic E-state index is -0.993. The molecule has 0 aromatic rings. The molecule has 0 fully saturated rings. The van der Waals surface area contributed by atoms with Crippen molar-refractivity contribution in [3.63, 3.8) is 0 Å². The molecule has 0 atom stereocenters. The van der Waals surface area contributed by atoms with Crippen LogP contribution in [0.1, 0.15) is 58.3 Å². The van der Waals surface area contributed by atoms with Crippen LogP contribution in [0.15, 0.2) is 0 Å². The van der Waals surface area contributed by atoms with Gasteiger partial charge >= 0.3 is 0 Å². The summed E-state index contributed by atoms with van der Waals surface area (Å²) in [7, 11) is -0.993. The van der Waals surface area contributed by atoms with Crippen molar-refractivity contribution in [3.05, 3.63) is 0 Å². The molecule has 0 N–H and O–H groups in total. The van der Waals surface area contributed by atoms with E-state index < -0.39 is 8.07 Å². The molecule has 0 nitrogen and oxygen atoms in total. The highest BCUT2D eigenvalue weighted by Crippen LogP contribution is 2.17. The molecular formula is C13H29ClSi. The zero-order chi connectivity index (χ0) is 11.6. The third-order valence-electron chi connectivity index (χ3n) is 3.07. The molecule has 0 spiro atoms. The fraction of sp³-hybridized carbons (Fsp3) is 1.00. The summed E-state index contributed by atoms with van der Waals surface area (Å²) in [5, 5.41) is 0. The zero-order valence-corrected chi connectivity index (χ0v) is 12.7. The lowest BCUT2D eigenvalue weighted by Gasteiger charge is -2.18. The minimum absolute atomic E-state index is 0.934. The van der Waals surface area contributed by atoms with E-state index in [1.54, 1.807) is 0 Å². The molecule has 0 aliphatic rings. The van der Waals surface area contributed by atoms with Crippen molar-refractivity contribution in [1.82, 2.24) is 0 Å². The molecule has 2 heteroatoms. The highest BCUT2D eigenvalue weighted by atomic mass is 35.5. The Kier molecular flexibility index (Phi) is 10.0. The van der Waals surface area contributed by atoms with Crippen molar-refractivity contribution in [3.8, 4) is 0 Å². The maximum Gasteiger partial charge on any atom is 0.0639 e. The molecule has 0 amide bonds. The Labute approximate surface area is 103 Å². The number of alkyl halides is 1. The average Bonchev–Trinajstić information content (AvgIpc) is 2.22. The van der Waals surface area contributed by atoms with E-state index in [1.165, 1.54) is 57.4 Å². The molecule has 0 bridgehead atoms. The first-order valence-electron chi connectivity index (χ1n) is 6.68. The van der Waals surface area contributed by atoms with Crippen molar-refractivity contribution in [2.24, 2.45) is 0 Å². The number of rotatable bonds is 10. The molecule has 0 aliphatic heterocycles. The molecule has 15 heavy (non-hydrogen) atoms. The highest BCUT2D eigenvalue weighted by Gasteiger charge is 2.17. The molecule has 0 unspecified atom stereocenters. The van der Waals surface area contributed by atoms with Crippen LogP contribution in [-0.2, 0) is 0 Å². The summed E-state index contributed by atoms with van der Waals surface area (Å²) < 4.78 is 0. The lowest BCUT2D eigenvalue weighted by atomic mass is 10.1. The summed E-state index contributed by atoms with van der Waals surface area (Å²) in [5.74, 6) is 0. The first-order valence-corrected chi connectivity index (χ1v) is 10.6. The SMILES string of the molecule is CCCCCCCCCC[Si](C)(C)CCl. The Morgan fingerprint density at radius 1 is 0.800 bits per heavy atom. The average molecular weight is 249 g/mol. The van der Waals surface area contributed by atoms with Crippen molar-refractivity contribution < 1.29 is 0 Å². The minimum Gasteiger partial charge on any atom is -0.130 e. The van der Waals surface area contributed by atoms with E-state index in [2.05, 4.69) is 20.0 Å². The molecule has 0 aromatic carbocycles. The largest absolute Gasteiger partial charge is 0.130 e. The standard InChI is InChI=1S/C13H29ClSi/c1-4-5-6-7-8-9-10-11-12-15(2,3)13-14/h4-13H2,1-3H3. The van der Waals surface area contributed by atoms with Gasteiger partial charge in [-0.3, -0.25) is 0 Å². The summed E-state index contributed by atoms with van der Waals surface area (Å²) in [6.45, 7) is 7.08. The van der Waals surface area contributed by atoms with Gasteiger partial charge in [0.15, 0.2) is 0 Å². The summed E-state index contributed by atoms with van der Waals surface area (Å²) in [6, 6.07) is 1.42. The van der Waals surface area contributed by atoms with E-state index in [-0.39, 0.29) is 0 Å². The van der Waals surface area contributed by atoms with E-state index in [0.29, 0.717) is 0 Å². The van der Waals surface area contributed by atoms with Crippen LogP contribution in [0.3, 0.4) is 0 Å². The quantitative estimate of drug-likeness (QED) is 0.268. The molecular weight excluding hydrogens is 220 g/mol. The molecule has 92 valence electrons. The van der Waals surface area contributed by atoms with Crippen molar-refractivity contribution in [1.29, 1.82) is 0 Å². The van der Waals surface area contributed by atoms with Gasteiger partial charge in [-0.25, -0.2) is 0 Å². The maximum absolute atomic E-state index is 5.95. The van der Waals surface area contributed by atoms with Gasteiger partial charge in [-0.05, 0) is 0 Å². The normalized spacial score (nSPS) is 12.0. The van der Waals surface area contributed by atoms with Crippen molar-refractivity contribution >= 4 is 19.7 Å². The Bertz CT molecular complexity index is 134. The summed E-state index contributed by atoms with van der Waals surface area (Å²) in [5.41, 5.74) is 0.934. The van der Waals surface area contributed by atoms with E-state index >= 15 is 0 Å². The summed E-state index contributed by atoms with van der Waals surface area (Å²) >= 11 is 5.95. The molecule has 0 aliphatic carbocycles. The molecule has 0 radical (unpaired) electrons. The molecule has 0 heterocycles. The van der Waals surface area contributed by atoms with E-state index in [0.717, 1.165) is 5.50 Å². The van der Waals surface area contributed by atoms with Crippen LogP contribution >= 0.6 is 11.6 Å². The van der Waals surface area contributed by atoms with Gasteiger partial charge < -0.3 is 0 Å². The topological polar surface area (TPSA) is 0 Å². The first kappa shape index (κ1) is 15.5. The maximum atomic E-state index is 5.95. The monoisotopic (exact) mass is 248 g/mol. The van der Waals surface area contributed by atoms with Gasteiger partial charge in [0.25, 0.3) is 0 Å². The lowest BCUT2D eigenvalue weighted by molar-refractivity contribution is 0.584. The summed E-state index contributed by atoms with van der Waals surface area (Å²) in [6.07, 6.45) is 11.4. The van der Waals surface area contributed by atoms with Crippen molar-refractivity contribution in [2.75, 3.05) is 5.50 Å². The molecule has 0 saturated heterocycles. The fourth-order valence-electron chi connectivity index (χ4n) is 1.80. The van der Waals surface area contributed by atoms with Gasteiger partial charge in [-0.1, -0.05) is 77.4 Å². The predicted molar refractivity (Wildman–Crippen MR) is 75.6 cm³/mol. The van der Waals surface area contributed by atoms with Gasteiger partial charge in [0, 0.05) is 5.50 Å². The lowest BCUT2D eigenvalue weighted by Crippen LogP contribution is -2.27. The smallest absolute Gasteiger partial charge is 0.0639 e. The second-order valence-corrected chi connectivity index (χ2v) is 11.4. The van der Waals surface area contributed by atoms with Crippen LogP contribution in [0, 0.1) is 0 Å². The Morgan fingerprint density at radius 2 is 1.27 bits per heavy atom. The van der Waals surface area contributed by atoms with Crippen LogP contribution in [0.25, 0.3) is 0 Å². The van der Waals surface area contributed by atoms with Gasteiger partial charge in [0.1, 0.15) is 0 Å².